The van der Waals surface area contributed by atoms with Crippen molar-refractivity contribution < 1.29 is 14.7 Å². The van der Waals surface area contributed by atoms with E-state index in [2.05, 4.69) is 26.2 Å². The SMILES string of the molecule is O=C(/C=C/c1ccc(Br)cc1)Nc1ccc(C(=O)O)cn1. The van der Waals surface area contributed by atoms with Crippen LogP contribution in [0, 0.1) is 0 Å². The van der Waals surface area contributed by atoms with Gasteiger partial charge < -0.3 is 10.4 Å². The Bertz CT molecular complexity index is 679. The van der Waals surface area contributed by atoms with Gasteiger partial charge in [0, 0.05) is 16.7 Å². The molecular formula is C15H11BrN2O3. The van der Waals surface area contributed by atoms with Crippen molar-refractivity contribution in [2.45, 2.75) is 0 Å². The Hall–Kier alpha value is -2.47. The summed E-state index contributed by atoms with van der Waals surface area (Å²) in [5.41, 5.74) is 0.959. The van der Waals surface area contributed by atoms with Crippen LogP contribution in [0.25, 0.3) is 6.08 Å². The molecule has 0 aliphatic carbocycles. The van der Waals surface area contributed by atoms with Crippen molar-refractivity contribution in [1.29, 1.82) is 0 Å². The Morgan fingerprint density at radius 1 is 1.14 bits per heavy atom. The molecule has 1 heterocycles. The number of hydrogen-bond acceptors (Lipinski definition) is 3. The molecule has 2 N–H and O–H groups in total. The number of carbonyl (C=O) groups is 2. The van der Waals surface area contributed by atoms with Crippen LogP contribution in [-0.4, -0.2) is 22.0 Å². The van der Waals surface area contributed by atoms with E-state index in [1.807, 2.05) is 24.3 Å². The van der Waals surface area contributed by atoms with Crippen molar-refractivity contribution in [3.05, 3.63) is 64.3 Å². The number of anilines is 1. The molecule has 1 aromatic heterocycles. The first-order valence-corrected chi connectivity index (χ1v) is 6.78. The summed E-state index contributed by atoms with van der Waals surface area (Å²) < 4.78 is 0.965. The van der Waals surface area contributed by atoms with Crippen molar-refractivity contribution >= 4 is 39.7 Å². The molecule has 0 radical (unpaired) electrons. The number of rotatable bonds is 4. The maximum atomic E-state index is 11.7. The standard InChI is InChI=1S/C15H11BrN2O3/c16-12-5-1-10(2-6-12)3-8-14(19)18-13-7-4-11(9-17-13)15(20)21/h1-9H,(H,20,21)(H,17,18,19)/b8-3+. The van der Waals surface area contributed by atoms with Gasteiger partial charge in [-0.2, -0.15) is 0 Å². The van der Waals surface area contributed by atoms with Crippen molar-refractivity contribution in [2.24, 2.45) is 0 Å². The van der Waals surface area contributed by atoms with Crippen LogP contribution in [-0.2, 0) is 4.79 Å². The largest absolute Gasteiger partial charge is 0.478 e. The van der Waals surface area contributed by atoms with Crippen LogP contribution in [0.4, 0.5) is 5.82 Å². The minimum atomic E-state index is -1.06. The first kappa shape index (κ1) is 14.9. The van der Waals surface area contributed by atoms with E-state index < -0.39 is 5.97 Å². The van der Waals surface area contributed by atoms with Gasteiger partial charge in [-0.3, -0.25) is 4.79 Å². The van der Waals surface area contributed by atoms with Crippen molar-refractivity contribution in [2.75, 3.05) is 5.32 Å². The monoisotopic (exact) mass is 346 g/mol. The summed E-state index contributed by atoms with van der Waals surface area (Å²) in [5.74, 6) is -1.10. The third-order valence-electron chi connectivity index (χ3n) is 2.56. The molecule has 0 aliphatic heterocycles. The van der Waals surface area contributed by atoms with Gasteiger partial charge in [-0.25, -0.2) is 9.78 Å². The summed E-state index contributed by atoms with van der Waals surface area (Å²) in [6.07, 6.45) is 4.25. The number of benzene rings is 1. The van der Waals surface area contributed by atoms with Crippen molar-refractivity contribution in [3.63, 3.8) is 0 Å². The Balaban J connectivity index is 1.98. The molecule has 21 heavy (non-hydrogen) atoms. The molecule has 0 fully saturated rings. The Kier molecular flexibility index (Phi) is 4.84. The number of amides is 1. The minimum Gasteiger partial charge on any atom is -0.478 e. The zero-order valence-corrected chi connectivity index (χ0v) is 12.4. The lowest BCUT2D eigenvalue weighted by Crippen LogP contribution is -2.09. The molecule has 0 atom stereocenters. The van der Waals surface area contributed by atoms with Gasteiger partial charge in [0.25, 0.3) is 0 Å². The third-order valence-corrected chi connectivity index (χ3v) is 3.09. The quantitative estimate of drug-likeness (QED) is 0.833. The normalized spacial score (nSPS) is 10.5. The average molecular weight is 347 g/mol. The lowest BCUT2D eigenvalue weighted by atomic mass is 10.2. The van der Waals surface area contributed by atoms with Gasteiger partial charge in [-0.15, -0.1) is 0 Å². The summed E-state index contributed by atoms with van der Waals surface area (Å²) in [7, 11) is 0. The highest BCUT2D eigenvalue weighted by molar-refractivity contribution is 9.10. The molecule has 0 unspecified atom stereocenters. The molecule has 106 valence electrons. The predicted molar refractivity (Wildman–Crippen MR) is 83.0 cm³/mol. The minimum absolute atomic E-state index is 0.0680. The van der Waals surface area contributed by atoms with Crippen LogP contribution in [0.3, 0.4) is 0 Å². The molecule has 0 saturated carbocycles. The highest BCUT2D eigenvalue weighted by Crippen LogP contribution is 2.11. The van der Waals surface area contributed by atoms with E-state index in [1.54, 1.807) is 6.08 Å². The second-order valence-corrected chi connectivity index (χ2v) is 5.03. The van der Waals surface area contributed by atoms with Gasteiger partial charge in [0.15, 0.2) is 0 Å². The Labute approximate surface area is 129 Å². The fourth-order valence-corrected chi connectivity index (χ4v) is 1.77. The van der Waals surface area contributed by atoms with Gasteiger partial charge in [-0.05, 0) is 35.9 Å². The van der Waals surface area contributed by atoms with E-state index in [4.69, 9.17) is 5.11 Å². The molecule has 0 bridgehead atoms. The summed E-state index contributed by atoms with van der Waals surface area (Å²) in [6.45, 7) is 0. The zero-order valence-electron chi connectivity index (χ0n) is 10.8. The number of carboxylic acid groups (broad SMARTS) is 1. The number of halogens is 1. The Morgan fingerprint density at radius 2 is 1.86 bits per heavy atom. The van der Waals surface area contributed by atoms with Gasteiger partial charge in [0.2, 0.25) is 5.91 Å². The van der Waals surface area contributed by atoms with Crippen LogP contribution in [0.15, 0.2) is 53.1 Å². The molecular weight excluding hydrogens is 336 g/mol. The van der Waals surface area contributed by atoms with Crippen LogP contribution in [0.2, 0.25) is 0 Å². The lowest BCUT2D eigenvalue weighted by Gasteiger charge is -2.01. The first-order valence-electron chi connectivity index (χ1n) is 5.98. The summed E-state index contributed by atoms with van der Waals surface area (Å²) >= 11 is 3.33. The second kappa shape index (κ2) is 6.81. The molecule has 1 amide bonds. The Morgan fingerprint density at radius 3 is 2.43 bits per heavy atom. The van der Waals surface area contributed by atoms with Crippen molar-refractivity contribution in [3.8, 4) is 0 Å². The average Bonchev–Trinajstić information content (AvgIpc) is 2.47. The summed E-state index contributed by atoms with van der Waals surface area (Å²) in [5, 5.41) is 11.3. The van der Waals surface area contributed by atoms with Crippen LogP contribution >= 0.6 is 15.9 Å². The molecule has 5 nitrogen and oxygen atoms in total. The molecule has 0 aliphatic rings. The van der Waals surface area contributed by atoms with Crippen LogP contribution < -0.4 is 5.32 Å². The molecule has 1 aromatic carbocycles. The number of pyridine rings is 1. The number of aromatic carboxylic acids is 1. The maximum Gasteiger partial charge on any atom is 0.337 e. The maximum absolute atomic E-state index is 11.7. The van der Waals surface area contributed by atoms with E-state index in [0.717, 1.165) is 10.0 Å². The second-order valence-electron chi connectivity index (χ2n) is 4.11. The number of hydrogen-bond donors (Lipinski definition) is 2. The summed E-state index contributed by atoms with van der Waals surface area (Å²) in [4.78, 5) is 26.2. The molecule has 0 saturated heterocycles. The summed E-state index contributed by atoms with van der Waals surface area (Å²) in [6, 6.07) is 10.3. The fraction of sp³-hybridized carbons (Fsp3) is 0. The van der Waals surface area contributed by atoms with Crippen molar-refractivity contribution in [1.82, 2.24) is 4.98 Å². The molecule has 6 heteroatoms. The molecule has 2 rings (SSSR count). The zero-order chi connectivity index (χ0) is 15.2. The van der Waals surface area contributed by atoms with E-state index in [-0.39, 0.29) is 11.5 Å². The van der Waals surface area contributed by atoms with E-state index in [9.17, 15) is 9.59 Å². The van der Waals surface area contributed by atoms with Gasteiger partial charge in [0.1, 0.15) is 5.82 Å². The van der Waals surface area contributed by atoms with Gasteiger partial charge >= 0.3 is 5.97 Å². The third kappa shape index (κ3) is 4.54. The number of nitrogens with one attached hydrogen (secondary N) is 1. The number of carbonyl (C=O) groups excluding carboxylic acids is 1. The van der Waals surface area contributed by atoms with E-state index >= 15 is 0 Å². The predicted octanol–water partition coefficient (Wildman–Crippen LogP) is 3.19. The lowest BCUT2D eigenvalue weighted by molar-refractivity contribution is -0.111. The number of nitrogens with zero attached hydrogens (tertiary/aromatic N) is 1. The fourth-order valence-electron chi connectivity index (χ4n) is 1.51. The molecule has 0 spiro atoms. The highest BCUT2D eigenvalue weighted by atomic mass is 79.9. The smallest absolute Gasteiger partial charge is 0.337 e. The first-order chi connectivity index (χ1) is 10.0. The highest BCUT2D eigenvalue weighted by Gasteiger charge is 2.04. The number of aromatic nitrogens is 1. The van der Waals surface area contributed by atoms with Crippen LogP contribution in [0.5, 0.6) is 0 Å². The molecule has 2 aromatic rings. The number of carboxylic acids is 1. The van der Waals surface area contributed by atoms with Crippen LogP contribution in [0.1, 0.15) is 15.9 Å². The van der Waals surface area contributed by atoms with Gasteiger partial charge in [0.05, 0.1) is 5.56 Å². The van der Waals surface area contributed by atoms with Gasteiger partial charge in [-0.1, -0.05) is 28.1 Å². The topological polar surface area (TPSA) is 79.3 Å². The van der Waals surface area contributed by atoms with E-state index in [0.29, 0.717) is 5.82 Å². The van der Waals surface area contributed by atoms with E-state index in [1.165, 1.54) is 24.4 Å².